The van der Waals surface area contributed by atoms with Crippen LogP contribution in [0.5, 0.6) is 0 Å². The van der Waals surface area contributed by atoms with E-state index in [0.29, 0.717) is 23.7 Å². The van der Waals surface area contributed by atoms with Gasteiger partial charge in [0.1, 0.15) is 12.1 Å². The SMILES string of the molecule is Cc1nc(NC(=O)CN2C(=O)NC3(CCCCC3)C2=O)sc1SCC(N)=O. The summed E-state index contributed by atoms with van der Waals surface area (Å²) in [7, 11) is 0. The zero-order valence-electron chi connectivity index (χ0n) is 14.9. The minimum Gasteiger partial charge on any atom is -0.369 e. The second-order valence-electron chi connectivity index (χ2n) is 6.66. The number of rotatable bonds is 6. The van der Waals surface area contributed by atoms with E-state index in [0.717, 1.165) is 28.4 Å². The topological polar surface area (TPSA) is 134 Å². The molecule has 1 spiro atoms. The zero-order valence-corrected chi connectivity index (χ0v) is 16.5. The maximum atomic E-state index is 12.7. The predicted octanol–water partition coefficient (Wildman–Crippen LogP) is 1.22. The molecule has 5 amide bonds. The van der Waals surface area contributed by atoms with Gasteiger partial charge in [0, 0.05) is 0 Å². The van der Waals surface area contributed by atoms with Crippen LogP contribution in [0.15, 0.2) is 4.21 Å². The van der Waals surface area contributed by atoms with Crippen LogP contribution in [0.1, 0.15) is 37.8 Å². The van der Waals surface area contributed by atoms with Gasteiger partial charge in [-0.1, -0.05) is 30.6 Å². The van der Waals surface area contributed by atoms with E-state index < -0.39 is 23.4 Å². The number of thiazole rings is 1. The van der Waals surface area contributed by atoms with Crippen molar-refractivity contribution in [1.82, 2.24) is 15.2 Å². The molecular formula is C16H21N5O4S2. The van der Waals surface area contributed by atoms with Crippen LogP contribution in [0.3, 0.4) is 0 Å². The van der Waals surface area contributed by atoms with Gasteiger partial charge in [0.25, 0.3) is 5.91 Å². The molecule has 1 saturated carbocycles. The lowest BCUT2D eigenvalue weighted by molar-refractivity contribution is -0.134. The van der Waals surface area contributed by atoms with Gasteiger partial charge in [0.05, 0.1) is 15.7 Å². The average molecular weight is 412 g/mol. The summed E-state index contributed by atoms with van der Waals surface area (Å²) in [5.74, 6) is -1.13. The van der Waals surface area contributed by atoms with Crippen LogP contribution in [0, 0.1) is 6.92 Å². The molecule has 2 fully saturated rings. The first-order chi connectivity index (χ1) is 12.8. The van der Waals surface area contributed by atoms with E-state index in [-0.39, 0.29) is 18.2 Å². The van der Waals surface area contributed by atoms with Crippen molar-refractivity contribution in [2.75, 3.05) is 17.6 Å². The Morgan fingerprint density at radius 3 is 2.70 bits per heavy atom. The fourth-order valence-electron chi connectivity index (χ4n) is 3.32. The Morgan fingerprint density at radius 2 is 2.04 bits per heavy atom. The van der Waals surface area contributed by atoms with Crippen LogP contribution >= 0.6 is 23.1 Å². The second-order valence-corrected chi connectivity index (χ2v) is 8.90. The summed E-state index contributed by atoms with van der Waals surface area (Å²) in [6, 6.07) is -0.523. The number of carbonyl (C=O) groups is 4. The number of amides is 5. The van der Waals surface area contributed by atoms with Crippen molar-refractivity contribution in [3.8, 4) is 0 Å². The maximum Gasteiger partial charge on any atom is 0.325 e. The van der Waals surface area contributed by atoms with E-state index in [1.54, 1.807) is 6.92 Å². The number of carbonyl (C=O) groups excluding carboxylic acids is 4. The molecule has 2 aliphatic rings. The van der Waals surface area contributed by atoms with Crippen LogP contribution in [0.2, 0.25) is 0 Å². The Labute approximate surface area is 164 Å². The number of aromatic nitrogens is 1. The van der Waals surface area contributed by atoms with Crippen LogP contribution in [0.4, 0.5) is 9.93 Å². The molecule has 0 unspecified atom stereocenters. The first-order valence-corrected chi connectivity index (χ1v) is 10.4. The van der Waals surface area contributed by atoms with Gasteiger partial charge < -0.3 is 16.4 Å². The van der Waals surface area contributed by atoms with E-state index >= 15 is 0 Å². The lowest BCUT2D eigenvalue weighted by Crippen LogP contribution is -2.48. The number of anilines is 1. The van der Waals surface area contributed by atoms with Gasteiger partial charge in [-0.05, 0) is 19.8 Å². The summed E-state index contributed by atoms with van der Waals surface area (Å²) in [6.45, 7) is 1.41. The molecule has 27 heavy (non-hydrogen) atoms. The lowest BCUT2D eigenvalue weighted by atomic mass is 9.82. The summed E-state index contributed by atoms with van der Waals surface area (Å²) in [6.07, 6.45) is 4.04. The molecule has 0 radical (unpaired) electrons. The van der Waals surface area contributed by atoms with Gasteiger partial charge >= 0.3 is 6.03 Å². The summed E-state index contributed by atoms with van der Waals surface area (Å²) >= 11 is 2.47. The van der Waals surface area contributed by atoms with Crippen molar-refractivity contribution in [3.05, 3.63) is 5.69 Å². The molecule has 9 nitrogen and oxygen atoms in total. The van der Waals surface area contributed by atoms with Crippen LogP contribution < -0.4 is 16.4 Å². The highest BCUT2D eigenvalue weighted by atomic mass is 32.2. The molecule has 1 aliphatic carbocycles. The number of hydrogen-bond donors (Lipinski definition) is 3. The number of nitrogens with one attached hydrogen (secondary N) is 2. The van der Waals surface area contributed by atoms with Gasteiger partial charge in [-0.15, -0.1) is 11.8 Å². The minimum absolute atomic E-state index is 0.126. The van der Waals surface area contributed by atoms with Crippen LogP contribution in [-0.4, -0.2) is 51.5 Å². The van der Waals surface area contributed by atoms with E-state index in [4.69, 9.17) is 5.73 Å². The zero-order chi connectivity index (χ0) is 19.6. The van der Waals surface area contributed by atoms with Crippen molar-refractivity contribution in [3.63, 3.8) is 0 Å². The summed E-state index contributed by atoms with van der Waals surface area (Å²) < 4.78 is 0.778. The number of aryl methyl sites for hydroxylation is 1. The molecule has 0 bridgehead atoms. The first kappa shape index (κ1) is 19.6. The van der Waals surface area contributed by atoms with E-state index in [2.05, 4.69) is 15.6 Å². The Kier molecular flexibility index (Phi) is 5.70. The number of nitrogens with zero attached hydrogens (tertiary/aromatic N) is 2. The third-order valence-electron chi connectivity index (χ3n) is 4.60. The number of thioether (sulfide) groups is 1. The molecule has 1 saturated heterocycles. The van der Waals surface area contributed by atoms with E-state index in [1.807, 2.05) is 0 Å². The van der Waals surface area contributed by atoms with Crippen molar-refractivity contribution < 1.29 is 19.2 Å². The number of hydrogen-bond acceptors (Lipinski definition) is 7. The Balaban J connectivity index is 1.61. The normalized spacial score (nSPS) is 18.6. The summed E-state index contributed by atoms with van der Waals surface area (Å²) in [5.41, 5.74) is 4.97. The molecule has 0 atom stereocenters. The fraction of sp³-hybridized carbons (Fsp3) is 0.562. The smallest absolute Gasteiger partial charge is 0.325 e. The molecule has 2 heterocycles. The Morgan fingerprint density at radius 1 is 1.33 bits per heavy atom. The third-order valence-corrected chi connectivity index (χ3v) is 7.06. The standard InChI is InChI=1S/C16H21N5O4S2/c1-9-12(26-8-10(17)22)27-14(18-9)19-11(23)7-21-13(24)16(20-15(21)25)5-3-2-4-6-16/h2-8H2,1H3,(H2,17,22)(H,20,25)(H,18,19,23). The molecule has 0 aromatic carbocycles. The number of urea groups is 1. The van der Waals surface area contributed by atoms with Gasteiger partial charge in [0.2, 0.25) is 11.8 Å². The quantitative estimate of drug-likeness (QED) is 0.476. The highest BCUT2D eigenvalue weighted by molar-refractivity contribution is 8.01. The number of primary amides is 1. The monoisotopic (exact) mass is 411 g/mol. The molecule has 1 aromatic heterocycles. The van der Waals surface area contributed by atoms with E-state index in [9.17, 15) is 19.2 Å². The summed E-state index contributed by atoms with van der Waals surface area (Å²) in [4.78, 5) is 53.3. The molecular weight excluding hydrogens is 390 g/mol. The maximum absolute atomic E-state index is 12.7. The predicted molar refractivity (Wildman–Crippen MR) is 101 cm³/mol. The second kappa shape index (κ2) is 7.85. The van der Waals surface area contributed by atoms with E-state index in [1.165, 1.54) is 23.1 Å². The number of imide groups is 1. The average Bonchev–Trinajstić information content (AvgIpc) is 3.06. The Bertz CT molecular complexity index is 788. The third kappa shape index (κ3) is 4.24. The van der Waals surface area contributed by atoms with Crippen molar-refractivity contribution in [2.45, 2.75) is 48.8 Å². The minimum atomic E-state index is -0.841. The lowest BCUT2D eigenvalue weighted by Gasteiger charge is -2.30. The molecule has 11 heteroatoms. The van der Waals surface area contributed by atoms with Gasteiger partial charge in [-0.2, -0.15) is 0 Å². The molecule has 4 N–H and O–H groups in total. The molecule has 1 aromatic rings. The van der Waals surface area contributed by atoms with Crippen LogP contribution in [-0.2, 0) is 14.4 Å². The number of nitrogens with two attached hydrogens (primary N) is 1. The van der Waals surface area contributed by atoms with Crippen molar-refractivity contribution in [1.29, 1.82) is 0 Å². The van der Waals surface area contributed by atoms with Gasteiger partial charge in [0.15, 0.2) is 5.13 Å². The molecule has 3 rings (SSSR count). The fourth-order valence-corrected chi connectivity index (χ4v) is 5.22. The summed E-state index contributed by atoms with van der Waals surface area (Å²) in [5, 5.41) is 5.74. The highest BCUT2D eigenvalue weighted by Gasteiger charge is 2.51. The first-order valence-electron chi connectivity index (χ1n) is 8.63. The molecule has 1 aliphatic heterocycles. The van der Waals surface area contributed by atoms with Gasteiger partial charge in [-0.3, -0.25) is 19.3 Å². The Hall–Kier alpha value is -2.14. The largest absolute Gasteiger partial charge is 0.369 e. The highest BCUT2D eigenvalue weighted by Crippen LogP contribution is 2.34. The molecule has 146 valence electrons. The van der Waals surface area contributed by atoms with Crippen molar-refractivity contribution in [2.24, 2.45) is 5.73 Å². The van der Waals surface area contributed by atoms with Gasteiger partial charge in [-0.25, -0.2) is 9.78 Å². The van der Waals surface area contributed by atoms with Crippen LogP contribution in [0.25, 0.3) is 0 Å². The van der Waals surface area contributed by atoms with Crippen molar-refractivity contribution >= 4 is 52.0 Å².